The first-order valence-corrected chi connectivity index (χ1v) is 8.85. The van der Waals surface area contributed by atoms with E-state index in [1.807, 2.05) is 12.1 Å². The van der Waals surface area contributed by atoms with Crippen LogP contribution in [0.4, 0.5) is 0 Å². The Bertz CT molecular complexity index is 884. The predicted molar refractivity (Wildman–Crippen MR) is 111 cm³/mol. The minimum atomic E-state index is -1.01. The molecule has 0 atom stereocenters. The van der Waals surface area contributed by atoms with Gasteiger partial charge in [-0.25, -0.2) is 0 Å². The molecule has 165 valence electrons. The number of aromatic nitrogens is 2. The molecular weight excluding hydrogens is 431 g/mol. The number of hydrogen-bond acceptors (Lipinski definition) is 6. The number of carboxylic acids is 2. The van der Waals surface area contributed by atoms with Gasteiger partial charge in [0.05, 0.1) is 11.0 Å². The van der Waals surface area contributed by atoms with Gasteiger partial charge in [-0.1, -0.05) is 65.8 Å². The number of benzene rings is 1. The number of aliphatic carboxylic acids is 2. The van der Waals surface area contributed by atoms with Crippen molar-refractivity contribution in [1.29, 1.82) is 0 Å². The third kappa shape index (κ3) is 9.30. The van der Waals surface area contributed by atoms with Gasteiger partial charge in [0.25, 0.3) is 0 Å². The number of nitrogens with zero attached hydrogens (tertiary/aromatic N) is 2. The summed E-state index contributed by atoms with van der Waals surface area (Å²) in [5, 5.41) is 22.1. The molecule has 0 amide bonds. The Balaban J connectivity index is 0. The van der Waals surface area contributed by atoms with E-state index in [1.54, 1.807) is 53.9 Å². The van der Waals surface area contributed by atoms with Gasteiger partial charge in [0.1, 0.15) is 0 Å². The zero-order valence-corrected chi connectivity index (χ0v) is 19.1. The average Bonchev–Trinajstić information content (AvgIpc) is 2.61. The van der Waals surface area contributed by atoms with Gasteiger partial charge in [-0.15, -0.1) is 0 Å². The van der Waals surface area contributed by atoms with Crippen molar-refractivity contribution >= 4 is 33.7 Å². The summed E-state index contributed by atoms with van der Waals surface area (Å²) in [5.41, 5.74) is 0.566. The van der Waals surface area contributed by atoms with Crippen LogP contribution in [0.3, 0.4) is 0 Å². The molecule has 0 aliphatic heterocycles. The molecule has 0 aliphatic rings. The third-order valence-electron chi connectivity index (χ3n) is 3.57. The number of carboxylic acid groups (broad SMARTS) is 2. The first kappa shape index (κ1) is 29.6. The van der Waals surface area contributed by atoms with Gasteiger partial charge in [-0.2, -0.15) is 0 Å². The molecule has 2 aromatic heterocycles. The monoisotopic (exact) mass is 460 g/mol. The van der Waals surface area contributed by atoms with Gasteiger partial charge < -0.3 is 25.3 Å². The maximum atomic E-state index is 9.91. The third-order valence-corrected chi connectivity index (χ3v) is 3.57. The van der Waals surface area contributed by atoms with E-state index in [2.05, 4.69) is 34.2 Å². The Hall–Kier alpha value is -2.55. The quantitative estimate of drug-likeness (QED) is 0.367. The van der Waals surface area contributed by atoms with Crippen molar-refractivity contribution in [2.45, 2.75) is 41.5 Å². The molecule has 30 heavy (non-hydrogen) atoms. The van der Waals surface area contributed by atoms with Gasteiger partial charge in [-0.05, 0) is 12.1 Å². The van der Waals surface area contributed by atoms with E-state index in [-0.39, 0.29) is 22.3 Å². The van der Waals surface area contributed by atoms with Crippen LogP contribution in [0.5, 0.6) is 0 Å². The van der Waals surface area contributed by atoms with Crippen LogP contribution in [0, 0.1) is 10.8 Å². The summed E-state index contributed by atoms with van der Waals surface area (Å²) < 4.78 is 0. The van der Waals surface area contributed by atoms with Crippen LogP contribution in [-0.2, 0) is 31.8 Å². The second-order valence-corrected chi connectivity index (χ2v) is 8.29. The zero-order chi connectivity index (χ0) is 21.5. The van der Waals surface area contributed by atoms with E-state index in [1.165, 1.54) is 0 Å². The molecule has 0 unspecified atom stereocenters. The molecule has 0 saturated carbocycles. The van der Waals surface area contributed by atoms with E-state index >= 15 is 0 Å². The number of rotatable bonds is 0. The van der Waals surface area contributed by atoms with Crippen molar-refractivity contribution in [3.63, 3.8) is 0 Å². The largest absolute Gasteiger partial charge is 2.00 e. The molecule has 3 N–H and O–H groups in total. The molecule has 3 aromatic rings. The smallest absolute Gasteiger partial charge is 0.550 e. The minimum absolute atomic E-state index is 0. The Labute approximate surface area is 187 Å². The van der Waals surface area contributed by atoms with Crippen molar-refractivity contribution in [2.75, 3.05) is 0 Å². The fourth-order valence-corrected chi connectivity index (χ4v) is 1.68. The maximum absolute atomic E-state index is 9.91. The number of pyridine rings is 2. The van der Waals surface area contributed by atoms with E-state index in [0.29, 0.717) is 0 Å². The topological polar surface area (TPSA) is 139 Å². The minimum Gasteiger partial charge on any atom is -0.550 e. The molecule has 0 saturated heterocycles. The molecule has 0 spiro atoms. The van der Waals surface area contributed by atoms with Gasteiger partial charge in [-0.3, -0.25) is 9.97 Å². The van der Waals surface area contributed by atoms with Crippen LogP contribution in [0.1, 0.15) is 41.5 Å². The second kappa shape index (κ2) is 12.2. The predicted octanol–water partition coefficient (Wildman–Crippen LogP) is 1.42. The molecule has 0 bridgehead atoms. The summed E-state index contributed by atoms with van der Waals surface area (Å²) in [7, 11) is 0. The Morgan fingerprint density at radius 1 is 0.700 bits per heavy atom. The van der Waals surface area contributed by atoms with Crippen LogP contribution in [-0.4, -0.2) is 21.9 Å². The zero-order valence-electron chi connectivity index (χ0n) is 18.1. The van der Waals surface area contributed by atoms with Crippen molar-refractivity contribution in [3.05, 3.63) is 48.8 Å². The molecule has 1 aromatic carbocycles. The van der Waals surface area contributed by atoms with Crippen molar-refractivity contribution in [3.8, 4) is 0 Å². The molecule has 2 heterocycles. The van der Waals surface area contributed by atoms with Crippen LogP contribution in [0.25, 0.3) is 21.8 Å². The maximum Gasteiger partial charge on any atom is 2.00 e. The first-order valence-electron chi connectivity index (χ1n) is 8.85. The number of hydrogen-bond donors (Lipinski definition) is 0. The Morgan fingerprint density at radius 2 is 0.967 bits per heavy atom. The van der Waals surface area contributed by atoms with Crippen LogP contribution < -0.4 is 10.2 Å². The summed E-state index contributed by atoms with van der Waals surface area (Å²) in [6.45, 7) is 9.60. The molecule has 7 nitrogen and oxygen atoms in total. The van der Waals surface area contributed by atoms with E-state index < -0.39 is 22.8 Å². The molecule has 8 heteroatoms. The van der Waals surface area contributed by atoms with Crippen LogP contribution >= 0.6 is 0 Å². The van der Waals surface area contributed by atoms with Gasteiger partial charge in [0, 0.05) is 45.9 Å². The van der Waals surface area contributed by atoms with Gasteiger partial charge in [0.2, 0.25) is 0 Å². The molecule has 0 fully saturated rings. The van der Waals surface area contributed by atoms with E-state index in [4.69, 9.17) is 0 Å². The number of fused-ring (bicyclic) bond motifs is 3. The molecular formula is C22H29CoN2O5+. The Morgan fingerprint density at radius 3 is 1.20 bits per heavy atom. The SMILES string of the molecule is CC(C)(C)C(=O)[O-].CC(C)(C)C(=O)[O-].[Co+2].[OH3+].c1cnc2c(c1)ccc1cccnc12. The molecule has 3 rings (SSSR count). The summed E-state index contributed by atoms with van der Waals surface area (Å²) in [6, 6.07) is 12.1. The van der Waals surface area contributed by atoms with Crippen molar-refractivity contribution in [2.24, 2.45) is 10.8 Å². The van der Waals surface area contributed by atoms with Gasteiger partial charge in [0.15, 0.2) is 0 Å². The fourth-order valence-electron chi connectivity index (χ4n) is 1.68. The van der Waals surface area contributed by atoms with E-state index in [0.717, 1.165) is 21.8 Å². The summed E-state index contributed by atoms with van der Waals surface area (Å²) in [6.07, 6.45) is 3.60. The van der Waals surface area contributed by atoms with Gasteiger partial charge >= 0.3 is 16.8 Å². The van der Waals surface area contributed by atoms with Crippen LogP contribution in [0.2, 0.25) is 0 Å². The normalized spacial score (nSPS) is 10.3. The second-order valence-electron chi connectivity index (χ2n) is 8.29. The number of carbonyl (C=O) groups excluding carboxylic acids is 2. The fraction of sp³-hybridized carbons (Fsp3) is 0.364. The van der Waals surface area contributed by atoms with E-state index in [9.17, 15) is 19.8 Å². The standard InChI is InChI=1S/C12H8N2.2C5H10O2.Co.H2O/c1-3-9-5-6-10-4-2-8-14-12(10)11(9)13-7-1;2*1-5(2,3)4(6)7;;/h1-8H;2*1-3H3,(H,6,7);;1H2/q;;;+2;/p-1. The van der Waals surface area contributed by atoms with Crippen molar-refractivity contribution in [1.82, 2.24) is 9.97 Å². The van der Waals surface area contributed by atoms with Crippen molar-refractivity contribution < 1.29 is 42.1 Å². The molecule has 0 aliphatic carbocycles. The average molecular weight is 460 g/mol. The summed E-state index contributed by atoms with van der Waals surface area (Å²) in [5.74, 6) is -2.01. The Kier molecular flexibility index (Phi) is 12.1. The summed E-state index contributed by atoms with van der Waals surface area (Å²) in [4.78, 5) is 28.5. The molecule has 1 radical (unpaired) electrons. The summed E-state index contributed by atoms with van der Waals surface area (Å²) >= 11 is 0. The number of carbonyl (C=O) groups is 2. The first-order chi connectivity index (χ1) is 12.8. The van der Waals surface area contributed by atoms with Crippen LogP contribution in [0.15, 0.2) is 48.8 Å².